The van der Waals surface area contributed by atoms with Gasteiger partial charge in [0, 0.05) is 0 Å². The molecule has 1 atom stereocenters. The Morgan fingerprint density at radius 1 is 1.64 bits per heavy atom. The standard InChI is InChI=1S/C10H8FNO2/c11-9-2-1-3-10(8(9)4-12)14-6-7-5-13-7/h1-3,7H,5-6H2. The molecule has 0 amide bonds. The monoisotopic (exact) mass is 193 g/mol. The van der Waals surface area contributed by atoms with E-state index < -0.39 is 5.82 Å². The Morgan fingerprint density at radius 3 is 3.07 bits per heavy atom. The van der Waals surface area contributed by atoms with Gasteiger partial charge in [0.05, 0.1) is 6.61 Å². The van der Waals surface area contributed by atoms with Gasteiger partial charge in [0.25, 0.3) is 0 Å². The molecule has 1 fully saturated rings. The second kappa shape index (κ2) is 3.64. The fraction of sp³-hybridized carbons (Fsp3) is 0.300. The van der Waals surface area contributed by atoms with Gasteiger partial charge in [-0.2, -0.15) is 5.26 Å². The van der Waals surface area contributed by atoms with Crippen LogP contribution >= 0.6 is 0 Å². The Bertz CT molecular complexity index is 382. The molecule has 0 bridgehead atoms. The van der Waals surface area contributed by atoms with Crippen molar-refractivity contribution in [2.24, 2.45) is 0 Å². The molecule has 3 nitrogen and oxygen atoms in total. The molecule has 0 aliphatic carbocycles. The van der Waals surface area contributed by atoms with Gasteiger partial charge in [0.1, 0.15) is 35.9 Å². The van der Waals surface area contributed by atoms with E-state index in [1.807, 2.05) is 0 Å². The third-order valence-electron chi connectivity index (χ3n) is 1.91. The van der Waals surface area contributed by atoms with E-state index in [1.54, 1.807) is 12.1 Å². The van der Waals surface area contributed by atoms with E-state index in [0.717, 1.165) is 0 Å². The molecule has 1 unspecified atom stereocenters. The predicted octanol–water partition coefficient (Wildman–Crippen LogP) is 1.47. The molecule has 1 aliphatic rings. The summed E-state index contributed by atoms with van der Waals surface area (Å²) in [5, 5.41) is 8.68. The summed E-state index contributed by atoms with van der Waals surface area (Å²) in [5.74, 6) is -0.273. The molecule has 0 N–H and O–H groups in total. The van der Waals surface area contributed by atoms with Crippen LogP contribution in [0.4, 0.5) is 4.39 Å². The van der Waals surface area contributed by atoms with E-state index in [4.69, 9.17) is 14.7 Å². The number of nitriles is 1. The molecular formula is C10H8FNO2. The lowest BCUT2D eigenvalue weighted by atomic mass is 10.2. The summed E-state index contributed by atoms with van der Waals surface area (Å²) in [5.41, 5.74) is -0.0480. The number of epoxide rings is 1. The molecule has 1 heterocycles. The minimum atomic E-state index is -0.554. The van der Waals surface area contributed by atoms with Crippen molar-refractivity contribution in [3.05, 3.63) is 29.6 Å². The fourth-order valence-electron chi connectivity index (χ4n) is 1.08. The van der Waals surface area contributed by atoms with Crippen molar-refractivity contribution >= 4 is 0 Å². The maximum atomic E-state index is 13.1. The first-order valence-electron chi connectivity index (χ1n) is 4.24. The van der Waals surface area contributed by atoms with Crippen molar-refractivity contribution in [2.45, 2.75) is 6.10 Å². The molecule has 72 valence electrons. The molecule has 0 saturated carbocycles. The first kappa shape index (κ1) is 8.97. The number of ether oxygens (including phenoxy) is 2. The Hall–Kier alpha value is -1.60. The second-order valence-electron chi connectivity index (χ2n) is 2.99. The highest BCUT2D eigenvalue weighted by atomic mass is 19.1. The summed E-state index contributed by atoms with van der Waals surface area (Å²) in [6.07, 6.45) is 0.102. The highest BCUT2D eigenvalue weighted by Gasteiger charge is 2.23. The average Bonchev–Trinajstić information content (AvgIpc) is 2.98. The first-order valence-corrected chi connectivity index (χ1v) is 4.24. The number of hydrogen-bond donors (Lipinski definition) is 0. The van der Waals surface area contributed by atoms with Gasteiger partial charge < -0.3 is 9.47 Å². The largest absolute Gasteiger partial charge is 0.489 e. The summed E-state index contributed by atoms with van der Waals surface area (Å²) in [6.45, 7) is 1.05. The molecule has 0 spiro atoms. The van der Waals surface area contributed by atoms with E-state index in [9.17, 15) is 4.39 Å². The third-order valence-corrected chi connectivity index (χ3v) is 1.91. The van der Waals surface area contributed by atoms with Crippen molar-refractivity contribution in [3.63, 3.8) is 0 Å². The smallest absolute Gasteiger partial charge is 0.144 e. The molecule has 0 aromatic heterocycles. The van der Waals surface area contributed by atoms with Crippen LogP contribution < -0.4 is 4.74 Å². The molecular weight excluding hydrogens is 185 g/mol. The van der Waals surface area contributed by atoms with Crippen LogP contribution in [0.25, 0.3) is 0 Å². The van der Waals surface area contributed by atoms with Crippen molar-refractivity contribution in [3.8, 4) is 11.8 Å². The summed E-state index contributed by atoms with van der Waals surface area (Å²) in [6, 6.07) is 6.09. The average molecular weight is 193 g/mol. The topological polar surface area (TPSA) is 45.5 Å². The Balaban J connectivity index is 2.14. The quantitative estimate of drug-likeness (QED) is 0.683. The summed E-state index contributed by atoms with van der Waals surface area (Å²) in [4.78, 5) is 0. The van der Waals surface area contributed by atoms with Crippen LogP contribution in [-0.4, -0.2) is 19.3 Å². The van der Waals surface area contributed by atoms with Gasteiger partial charge >= 0.3 is 0 Å². The van der Waals surface area contributed by atoms with Gasteiger partial charge in [-0.25, -0.2) is 4.39 Å². The minimum Gasteiger partial charge on any atom is -0.489 e. The molecule has 1 aromatic carbocycles. The van der Waals surface area contributed by atoms with Gasteiger partial charge in [-0.1, -0.05) is 6.07 Å². The van der Waals surface area contributed by atoms with Crippen LogP contribution in [0.15, 0.2) is 18.2 Å². The minimum absolute atomic E-state index is 0.0480. The van der Waals surface area contributed by atoms with Crippen LogP contribution in [0.2, 0.25) is 0 Å². The van der Waals surface area contributed by atoms with Crippen LogP contribution in [0.1, 0.15) is 5.56 Å². The molecule has 0 radical (unpaired) electrons. The molecule has 1 aromatic rings. The zero-order valence-corrected chi connectivity index (χ0v) is 7.37. The van der Waals surface area contributed by atoms with Gasteiger partial charge in [-0.15, -0.1) is 0 Å². The number of nitrogens with zero attached hydrogens (tertiary/aromatic N) is 1. The number of benzene rings is 1. The molecule has 4 heteroatoms. The number of halogens is 1. The highest BCUT2D eigenvalue weighted by Crippen LogP contribution is 2.21. The van der Waals surface area contributed by atoms with Crippen molar-refractivity contribution in [2.75, 3.05) is 13.2 Å². The maximum Gasteiger partial charge on any atom is 0.144 e. The Morgan fingerprint density at radius 2 is 2.43 bits per heavy atom. The summed E-state index contributed by atoms with van der Waals surface area (Å²) >= 11 is 0. The lowest BCUT2D eigenvalue weighted by Crippen LogP contribution is -2.05. The van der Waals surface area contributed by atoms with Crippen LogP contribution in [-0.2, 0) is 4.74 Å². The SMILES string of the molecule is N#Cc1c(F)cccc1OCC1CO1. The van der Waals surface area contributed by atoms with Crippen molar-refractivity contribution < 1.29 is 13.9 Å². The van der Waals surface area contributed by atoms with Crippen molar-refractivity contribution in [1.29, 1.82) is 5.26 Å². The Labute approximate surface area is 80.7 Å². The molecule has 1 aliphatic heterocycles. The van der Waals surface area contributed by atoms with Gasteiger partial charge in [0.15, 0.2) is 0 Å². The maximum absolute atomic E-state index is 13.1. The highest BCUT2D eigenvalue weighted by molar-refractivity contribution is 5.43. The normalized spacial score (nSPS) is 18.7. The van der Waals surface area contributed by atoms with Crippen molar-refractivity contribution in [1.82, 2.24) is 0 Å². The Kier molecular flexibility index (Phi) is 2.33. The summed E-state index contributed by atoms with van der Waals surface area (Å²) in [7, 11) is 0. The molecule has 1 saturated heterocycles. The van der Waals surface area contributed by atoms with E-state index >= 15 is 0 Å². The molecule has 2 rings (SSSR count). The van der Waals surface area contributed by atoms with E-state index in [2.05, 4.69) is 0 Å². The lowest BCUT2D eigenvalue weighted by molar-refractivity contribution is 0.261. The van der Waals surface area contributed by atoms with Gasteiger partial charge in [0.2, 0.25) is 0 Å². The van der Waals surface area contributed by atoms with E-state index in [1.165, 1.54) is 12.1 Å². The summed E-state index contributed by atoms with van der Waals surface area (Å²) < 4.78 is 23.2. The molecule has 14 heavy (non-hydrogen) atoms. The first-order chi connectivity index (χ1) is 6.81. The second-order valence-corrected chi connectivity index (χ2v) is 2.99. The third kappa shape index (κ3) is 1.83. The van der Waals surface area contributed by atoms with E-state index in [0.29, 0.717) is 13.2 Å². The van der Waals surface area contributed by atoms with Gasteiger partial charge in [-0.05, 0) is 12.1 Å². The van der Waals surface area contributed by atoms with Crippen LogP contribution in [0.5, 0.6) is 5.75 Å². The fourth-order valence-corrected chi connectivity index (χ4v) is 1.08. The van der Waals surface area contributed by atoms with E-state index in [-0.39, 0.29) is 17.4 Å². The number of rotatable bonds is 3. The van der Waals surface area contributed by atoms with Crippen LogP contribution in [0.3, 0.4) is 0 Å². The zero-order valence-electron chi connectivity index (χ0n) is 7.37. The lowest BCUT2D eigenvalue weighted by Gasteiger charge is -2.05. The number of hydrogen-bond acceptors (Lipinski definition) is 3. The predicted molar refractivity (Wildman–Crippen MR) is 46.4 cm³/mol. The zero-order chi connectivity index (χ0) is 9.97. The van der Waals surface area contributed by atoms with Gasteiger partial charge in [-0.3, -0.25) is 0 Å². The van der Waals surface area contributed by atoms with Crippen LogP contribution in [0, 0.1) is 17.1 Å².